The minimum absolute atomic E-state index is 0.355. The van der Waals surface area contributed by atoms with Crippen LogP contribution in [0.25, 0.3) is 0 Å². The van der Waals surface area contributed by atoms with Crippen molar-refractivity contribution in [3.63, 3.8) is 0 Å². The molecule has 1 fully saturated rings. The van der Waals surface area contributed by atoms with E-state index in [1.807, 2.05) is 12.1 Å². The van der Waals surface area contributed by atoms with Crippen LogP contribution in [0.2, 0.25) is 0 Å². The van der Waals surface area contributed by atoms with Gasteiger partial charge >= 0.3 is 0 Å². The lowest BCUT2D eigenvalue weighted by molar-refractivity contribution is 0.157. The molecule has 1 N–H and O–H groups in total. The lowest BCUT2D eigenvalue weighted by atomic mass is 9.79. The van der Waals surface area contributed by atoms with Gasteiger partial charge in [0.1, 0.15) is 0 Å². The van der Waals surface area contributed by atoms with E-state index in [0.29, 0.717) is 12.5 Å². The summed E-state index contributed by atoms with van der Waals surface area (Å²) in [5.41, 5.74) is 2.05. The SMILES string of the molecule is N#Cc1ccc(CC[C@@H]2CCC[C@H](CO)C2)cc1. The zero-order chi connectivity index (χ0) is 12.8. The molecular formula is C16H21NO. The van der Waals surface area contributed by atoms with Crippen molar-refractivity contribution in [3.8, 4) is 6.07 Å². The Balaban J connectivity index is 1.81. The van der Waals surface area contributed by atoms with Crippen molar-refractivity contribution < 1.29 is 5.11 Å². The maximum absolute atomic E-state index is 9.22. The molecule has 1 saturated carbocycles. The third kappa shape index (κ3) is 3.58. The van der Waals surface area contributed by atoms with Crippen molar-refractivity contribution in [3.05, 3.63) is 35.4 Å². The van der Waals surface area contributed by atoms with Crippen molar-refractivity contribution >= 4 is 0 Å². The van der Waals surface area contributed by atoms with E-state index in [1.54, 1.807) is 0 Å². The highest BCUT2D eigenvalue weighted by atomic mass is 16.3. The molecule has 0 unspecified atom stereocenters. The van der Waals surface area contributed by atoms with Gasteiger partial charge in [0, 0.05) is 6.61 Å². The van der Waals surface area contributed by atoms with Crippen LogP contribution in [0.4, 0.5) is 0 Å². The van der Waals surface area contributed by atoms with E-state index in [9.17, 15) is 5.11 Å². The highest BCUT2D eigenvalue weighted by molar-refractivity contribution is 5.31. The van der Waals surface area contributed by atoms with Crippen LogP contribution in [-0.2, 0) is 6.42 Å². The molecule has 0 aromatic heterocycles. The molecule has 1 aliphatic carbocycles. The summed E-state index contributed by atoms with van der Waals surface area (Å²) in [7, 11) is 0. The summed E-state index contributed by atoms with van der Waals surface area (Å²) in [5, 5.41) is 18.0. The van der Waals surface area contributed by atoms with Crippen LogP contribution in [0.3, 0.4) is 0 Å². The Hall–Kier alpha value is -1.33. The average molecular weight is 243 g/mol. The van der Waals surface area contributed by atoms with E-state index in [2.05, 4.69) is 18.2 Å². The van der Waals surface area contributed by atoms with Crippen molar-refractivity contribution in [1.82, 2.24) is 0 Å². The van der Waals surface area contributed by atoms with Crippen molar-refractivity contribution in [2.75, 3.05) is 6.61 Å². The maximum Gasteiger partial charge on any atom is 0.0991 e. The van der Waals surface area contributed by atoms with Gasteiger partial charge in [0.25, 0.3) is 0 Å². The van der Waals surface area contributed by atoms with E-state index in [-0.39, 0.29) is 0 Å². The summed E-state index contributed by atoms with van der Waals surface area (Å²) >= 11 is 0. The topological polar surface area (TPSA) is 44.0 Å². The number of rotatable bonds is 4. The number of hydrogen-bond donors (Lipinski definition) is 1. The second-order valence-electron chi connectivity index (χ2n) is 5.43. The number of nitriles is 1. The van der Waals surface area contributed by atoms with Crippen LogP contribution in [0.1, 0.15) is 43.2 Å². The molecule has 0 aliphatic heterocycles. The first-order valence-electron chi connectivity index (χ1n) is 6.91. The summed E-state index contributed by atoms with van der Waals surface area (Å²) in [6.45, 7) is 0.355. The molecule has 2 atom stereocenters. The molecule has 18 heavy (non-hydrogen) atoms. The molecule has 96 valence electrons. The Bertz CT molecular complexity index is 404. The lowest BCUT2D eigenvalue weighted by Gasteiger charge is -2.27. The fourth-order valence-corrected chi connectivity index (χ4v) is 2.95. The van der Waals surface area contributed by atoms with Gasteiger partial charge in [-0.15, -0.1) is 0 Å². The molecule has 2 heteroatoms. The first-order valence-corrected chi connectivity index (χ1v) is 6.91. The molecule has 1 aromatic rings. The summed E-state index contributed by atoms with van der Waals surface area (Å²) in [6, 6.07) is 10.1. The van der Waals surface area contributed by atoms with Crippen molar-refractivity contribution in [2.24, 2.45) is 11.8 Å². The number of benzene rings is 1. The molecule has 2 nitrogen and oxygen atoms in total. The largest absolute Gasteiger partial charge is 0.396 e. The summed E-state index contributed by atoms with van der Waals surface area (Å²) < 4.78 is 0. The molecule has 0 spiro atoms. The quantitative estimate of drug-likeness (QED) is 0.881. The number of aliphatic hydroxyl groups is 1. The predicted octanol–water partition coefficient (Wildman–Crippen LogP) is 3.29. The van der Waals surface area contributed by atoms with Gasteiger partial charge in [-0.05, 0) is 55.2 Å². The number of hydrogen-bond acceptors (Lipinski definition) is 2. The van der Waals surface area contributed by atoms with Crippen LogP contribution in [-0.4, -0.2) is 11.7 Å². The zero-order valence-electron chi connectivity index (χ0n) is 10.8. The Labute approximate surface area is 109 Å². The molecular weight excluding hydrogens is 222 g/mol. The highest BCUT2D eigenvalue weighted by Crippen LogP contribution is 2.31. The van der Waals surface area contributed by atoms with Gasteiger partial charge in [0.05, 0.1) is 11.6 Å². The first kappa shape index (κ1) is 13.1. The summed E-state index contributed by atoms with van der Waals surface area (Å²) in [4.78, 5) is 0. The molecule has 0 bridgehead atoms. The highest BCUT2D eigenvalue weighted by Gasteiger charge is 2.20. The Morgan fingerprint density at radius 1 is 1.17 bits per heavy atom. The van der Waals surface area contributed by atoms with Gasteiger partial charge in [0.2, 0.25) is 0 Å². The zero-order valence-corrected chi connectivity index (χ0v) is 10.8. The van der Waals surface area contributed by atoms with Gasteiger partial charge in [0.15, 0.2) is 0 Å². The number of aliphatic hydroxyl groups excluding tert-OH is 1. The minimum atomic E-state index is 0.355. The van der Waals surface area contributed by atoms with Gasteiger partial charge in [-0.1, -0.05) is 25.0 Å². The normalized spacial score (nSPS) is 23.6. The smallest absolute Gasteiger partial charge is 0.0991 e. The third-order valence-corrected chi connectivity index (χ3v) is 4.07. The van der Waals surface area contributed by atoms with E-state index >= 15 is 0 Å². The van der Waals surface area contributed by atoms with Crippen LogP contribution in [0, 0.1) is 23.2 Å². The van der Waals surface area contributed by atoms with Crippen LogP contribution in [0.5, 0.6) is 0 Å². The van der Waals surface area contributed by atoms with Gasteiger partial charge in [-0.25, -0.2) is 0 Å². The Kier molecular flexibility index (Phi) is 4.78. The van der Waals surface area contributed by atoms with E-state index in [0.717, 1.165) is 17.9 Å². The average Bonchev–Trinajstić information content (AvgIpc) is 2.46. The molecule has 0 amide bonds. The first-order chi connectivity index (χ1) is 8.81. The fourth-order valence-electron chi connectivity index (χ4n) is 2.95. The van der Waals surface area contributed by atoms with Crippen LogP contribution >= 0.6 is 0 Å². The van der Waals surface area contributed by atoms with E-state index in [1.165, 1.54) is 37.7 Å². The standard InChI is InChI=1S/C16H21NO/c17-11-15-8-5-13(6-9-15)4-7-14-2-1-3-16(10-14)12-18/h5-6,8-9,14,16,18H,1-4,7,10,12H2/t14-,16-/m0/s1. The molecule has 0 heterocycles. The molecule has 1 aromatic carbocycles. The molecule has 2 rings (SSSR count). The van der Waals surface area contributed by atoms with Gasteiger partial charge < -0.3 is 5.11 Å². The second kappa shape index (κ2) is 6.56. The van der Waals surface area contributed by atoms with E-state index < -0.39 is 0 Å². The Morgan fingerprint density at radius 3 is 2.56 bits per heavy atom. The van der Waals surface area contributed by atoms with Crippen LogP contribution in [0.15, 0.2) is 24.3 Å². The lowest BCUT2D eigenvalue weighted by Crippen LogP contribution is -2.18. The van der Waals surface area contributed by atoms with Crippen LogP contribution < -0.4 is 0 Å². The molecule has 0 radical (unpaired) electrons. The predicted molar refractivity (Wildman–Crippen MR) is 72.0 cm³/mol. The van der Waals surface area contributed by atoms with Gasteiger partial charge in [-0.2, -0.15) is 5.26 Å². The molecule has 0 saturated heterocycles. The van der Waals surface area contributed by atoms with Crippen molar-refractivity contribution in [1.29, 1.82) is 5.26 Å². The minimum Gasteiger partial charge on any atom is -0.396 e. The van der Waals surface area contributed by atoms with E-state index in [4.69, 9.17) is 5.26 Å². The molecule has 1 aliphatic rings. The fraction of sp³-hybridized carbons (Fsp3) is 0.562. The second-order valence-corrected chi connectivity index (χ2v) is 5.43. The number of aryl methyl sites for hydroxylation is 1. The van der Waals surface area contributed by atoms with Gasteiger partial charge in [-0.3, -0.25) is 0 Å². The summed E-state index contributed by atoms with van der Waals surface area (Å²) in [5.74, 6) is 1.30. The van der Waals surface area contributed by atoms with Crippen molar-refractivity contribution in [2.45, 2.75) is 38.5 Å². The monoisotopic (exact) mass is 243 g/mol. The summed E-state index contributed by atoms with van der Waals surface area (Å²) in [6.07, 6.45) is 7.27. The Morgan fingerprint density at radius 2 is 1.89 bits per heavy atom. The maximum atomic E-state index is 9.22. The third-order valence-electron chi connectivity index (χ3n) is 4.07. The number of nitrogens with zero attached hydrogens (tertiary/aromatic N) is 1.